The zero-order valence-electron chi connectivity index (χ0n) is 20.6. The van der Waals surface area contributed by atoms with Gasteiger partial charge < -0.3 is 0 Å². The molecular weight excluding hydrogens is 350 g/mol. The quantitative estimate of drug-likeness (QED) is 0.339. The average Bonchev–Trinajstić information content (AvgIpc) is 2.73. The number of pyridine rings is 1. The van der Waals surface area contributed by atoms with Gasteiger partial charge in [-0.2, -0.15) is 0 Å². The van der Waals surface area contributed by atoms with Crippen molar-refractivity contribution in [3.8, 4) is 22.4 Å². The molecule has 0 N–H and O–H groups in total. The lowest BCUT2D eigenvalue weighted by Crippen LogP contribution is -2.32. The summed E-state index contributed by atoms with van der Waals surface area (Å²) in [6.07, 6.45) is 3.77. The number of hydrogen-bond donors (Lipinski definition) is 0. The molecule has 0 bridgehead atoms. The van der Waals surface area contributed by atoms with Crippen molar-refractivity contribution in [3.05, 3.63) is 88.1 Å². The number of aryl methyl sites for hydroxylation is 6. The van der Waals surface area contributed by atoms with E-state index in [-0.39, 0.29) is 0 Å². The van der Waals surface area contributed by atoms with Crippen molar-refractivity contribution in [1.29, 1.82) is 0 Å². The van der Waals surface area contributed by atoms with Crippen LogP contribution in [0.5, 0.6) is 0 Å². The number of aromatic nitrogens is 1. The van der Waals surface area contributed by atoms with Gasteiger partial charge in [-0.1, -0.05) is 48.0 Å². The Bertz CT molecular complexity index is 1400. The summed E-state index contributed by atoms with van der Waals surface area (Å²) in [7, 11) is 1.95. The van der Waals surface area contributed by atoms with E-state index in [1.165, 1.54) is 49.7 Å². The summed E-state index contributed by atoms with van der Waals surface area (Å²) in [6.45, 7) is 4.09. The molecule has 1 aromatic heterocycles. The highest BCUT2D eigenvalue weighted by Crippen LogP contribution is 2.42. The summed E-state index contributed by atoms with van der Waals surface area (Å²) in [4.78, 5) is 0. The van der Waals surface area contributed by atoms with Crippen molar-refractivity contribution in [2.24, 2.45) is 7.05 Å². The van der Waals surface area contributed by atoms with Gasteiger partial charge in [-0.3, -0.25) is 0 Å². The zero-order chi connectivity index (χ0) is 22.8. The molecule has 1 nitrogen and oxygen atoms in total. The summed E-state index contributed by atoms with van der Waals surface area (Å²) >= 11 is 0. The first-order chi connectivity index (χ1) is 15.1. The summed E-state index contributed by atoms with van der Waals surface area (Å²) in [6, 6.07) is 17.8. The second-order valence-electron chi connectivity index (χ2n) is 8.47. The first-order valence-corrected chi connectivity index (χ1v) is 10.3. The summed E-state index contributed by atoms with van der Waals surface area (Å²) in [5, 5.41) is 2.66. The van der Waals surface area contributed by atoms with Crippen molar-refractivity contribution in [2.45, 2.75) is 40.5 Å². The van der Waals surface area contributed by atoms with Gasteiger partial charge in [0.05, 0.1) is 5.56 Å². The third-order valence-corrected chi connectivity index (χ3v) is 6.46. The fourth-order valence-corrected chi connectivity index (χ4v) is 4.92. The molecule has 4 aromatic rings. The second-order valence-corrected chi connectivity index (χ2v) is 8.47. The molecule has 0 unspecified atom stereocenters. The number of fused-ring (bicyclic) bond motifs is 5. The molecule has 0 radical (unpaired) electrons. The van der Waals surface area contributed by atoms with E-state index in [4.69, 9.17) is 4.11 Å². The highest BCUT2D eigenvalue weighted by Gasteiger charge is 2.25. The fourth-order valence-electron chi connectivity index (χ4n) is 4.92. The maximum Gasteiger partial charge on any atom is 0.213 e. The van der Waals surface area contributed by atoms with Gasteiger partial charge in [0.15, 0.2) is 6.20 Å². The van der Waals surface area contributed by atoms with Gasteiger partial charge in [-0.15, -0.1) is 0 Å². The smallest absolute Gasteiger partial charge is 0.201 e. The van der Waals surface area contributed by atoms with Gasteiger partial charge in [0.25, 0.3) is 0 Å². The summed E-state index contributed by atoms with van der Waals surface area (Å²) < 4.78 is 25.6. The number of rotatable bonds is 1. The van der Waals surface area contributed by atoms with E-state index in [0.29, 0.717) is 5.56 Å². The number of nitrogens with zero attached hydrogens (tertiary/aromatic N) is 1. The molecule has 0 spiro atoms. The predicted molar refractivity (Wildman–Crippen MR) is 122 cm³/mol. The predicted octanol–water partition coefficient (Wildman–Crippen LogP) is 6.33. The van der Waals surface area contributed by atoms with Crippen LogP contribution >= 0.6 is 0 Å². The van der Waals surface area contributed by atoms with Crippen LogP contribution in [0.4, 0.5) is 0 Å². The summed E-state index contributed by atoms with van der Waals surface area (Å²) in [5.41, 5.74) is 11.5. The molecule has 3 aromatic carbocycles. The molecule has 144 valence electrons. The fraction of sp³-hybridized carbons (Fsp3) is 0.250. The van der Waals surface area contributed by atoms with Crippen molar-refractivity contribution in [1.82, 2.24) is 0 Å². The van der Waals surface area contributed by atoms with Gasteiger partial charge in [0, 0.05) is 15.7 Å². The molecule has 1 aliphatic rings. The van der Waals surface area contributed by atoms with E-state index >= 15 is 0 Å². The van der Waals surface area contributed by atoms with E-state index in [1.54, 1.807) is 6.20 Å². The Kier molecular flexibility index (Phi) is 3.39. The molecule has 0 amide bonds. The Morgan fingerprint density at radius 1 is 0.793 bits per heavy atom. The van der Waals surface area contributed by atoms with Crippen LogP contribution in [0, 0.1) is 27.6 Å². The largest absolute Gasteiger partial charge is 0.213 e. The van der Waals surface area contributed by atoms with Gasteiger partial charge in [-0.05, 0) is 84.6 Å². The molecule has 5 rings (SSSR count). The van der Waals surface area contributed by atoms with Crippen LogP contribution in [-0.2, 0) is 19.9 Å². The second kappa shape index (κ2) is 6.56. The lowest BCUT2D eigenvalue weighted by Gasteiger charge is -2.25. The maximum atomic E-state index is 7.86. The zero-order valence-corrected chi connectivity index (χ0v) is 17.6. The van der Waals surface area contributed by atoms with E-state index in [2.05, 4.69) is 56.3 Å². The molecule has 0 atom stereocenters. The lowest BCUT2D eigenvalue weighted by molar-refractivity contribution is -0.660. The molecule has 0 saturated heterocycles. The highest BCUT2D eigenvalue weighted by molar-refractivity contribution is 5.95. The first-order valence-electron chi connectivity index (χ1n) is 11.8. The molecule has 29 heavy (non-hydrogen) atoms. The standard InChI is InChI=1S/C28H28N/c1-17-6-9-22-21(14-17)8-11-24-23(22)12-13-26-25(24)10-7-18(2)28(26)27-15-19(3)20(4)16-29(27)5/h6-11,14-16H,12-13H2,1-5H3/q+1/i4D3. The van der Waals surface area contributed by atoms with Crippen LogP contribution < -0.4 is 4.57 Å². The summed E-state index contributed by atoms with van der Waals surface area (Å²) in [5.74, 6) is 0. The van der Waals surface area contributed by atoms with Gasteiger partial charge in [0.2, 0.25) is 5.69 Å². The van der Waals surface area contributed by atoms with Crippen molar-refractivity contribution < 1.29 is 8.68 Å². The minimum atomic E-state index is -2.11. The minimum absolute atomic E-state index is 0.415. The lowest BCUT2D eigenvalue weighted by atomic mass is 9.79. The third kappa shape index (κ3) is 2.80. The highest BCUT2D eigenvalue weighted by atomic mass is 14.9. The van der Waals surface area contributed by atoms with Crippen LogP contribution in [0.2, 0.25) is 0 Å². The van der Waals surface area contributed by atoms with Crippen LogP contribution in [0.25, 0.3) is 33.2 Å². The Labute approximate surface area is 177 Å². The molecule has 1 heteroatoms. The monoisotopic (exact) mass is 381 g/mol. The van der Waals surface area contributed by atoms with Crippen LogP contribution in [0.15, 0.2) is 54.7 Å². The molecule has 0 aliphatic heterocycles. The SMILES string of the molecule is [2H]C([2H])([2H])c1c[n+](C)c(-c2c(C)ccc3c2CCc2c-3ccc3cc(C)ccc23)cc1C. The first kappa shape index (κ1) is 15.0. The number of hydrogen-bond acceptors (Lipinski definition) is 0. The Hall–Kier alpha value is -2.93. The van der Waals surface area contributed by atoms with Gasteiger partial charge >= 0.3 is 0 Å². The number of benzene rings is 3. The topological polar surface area (TPSA) is 3.88 Å². The van der Waals surface area contributed by atoms with Crippen LogP contribution in [0.1, 0.15) is 37.5 Å². The minimum Gasteiger partial charge on any atom is -0.201 e. The van der Waals surface area contributed by atoms with Crippen LogP contribution in [-0.4, -0.2) is 0 Å². The Morgan fingerprint density at radius 2 is 1.55 bits per heavy atom. The molecule has 1 heterocycles. The molecule has 0 fully saturated rings. The van der Waals surface area contributed by atoms with E-state index in [0.717, 1.165) is 24.1 Å². The maximum absolute atomic E-state index is 7.86. The normalized spacial score (nSPS) is 14.7. The van der Waals surface area contributed by atoms with Crippen molar-refractivity contribution in [2.75, 3.05) is 0 Å². The Morgan fingerprint density at radius 3 is 2.38 bits per heavy atom. The van der Waals surface area contributed by atoms with Crippen molar-refractivity contribution >= 4 is 10.8 Å². The van der Waals surface area contributed by atoms with Crippen molar-refractivity contribution in [3.63, 3.8) is 0 Å². The molecule has 0 saturated carbocycles. The van der Waals surface area contributed by atoms with E-state index in [1.807, 2.05) is 24.6 Å². The van der Waals surface area contributed by atoms with Gasteiger partial charge in [0.1, 0.15) is 7.05 Å². The van der Waals surface area contributed by atoms with Crippen LogP contribution in [0.3, 0.4) is 0 Å². The van der Waals surface area contributed by atoms with E-state index < -0.39 is 6.85 Å². The molecular formula is C28H28N+. The molecule has 1 aliphatic carbocycles. The van der Waals surface area contributed by atoms with Gasteiger partial charge in [-0.25, -0.2) is 4.57 Å². The average molecular weight is 382 g/mol. The third-order valence-electron chi connectivity index (χ3n) is 6.46. The Balaban J connectivity index is 1.74. The van der Waals surface area contributed by atoms with E-state index in [9.17, 15) is 0 Å².